The van der Waals surface area contributed by atoms with Crippen LogP contribution in [0.4, 0.5) is 0 Å². The third-order valence-corrected chi connectivity index (χ3v) is 5.05. The highest BCUT2D eigenvalue weighted by molar-refractivity contribution is 5.76. The minimum absolute atomic E-state index is 0.0939. The van der Waals surface area contributed by atoms with Crippen LogP contribution in [0.15, 0.2) is 48.5 Å². The van der Waals surface area contributed by atoms with Crippen LogP contribution in [-0.2, 0) is 17.8 Å². The van der Waals surface area contributed by atoms with Gasteiger partial charge in [-0.3, -0.25) is 4.79 Å². The van der Waals surface area contributed by atoms with Gasteiger partial charge in [-0.25, -0.2) is 0 Å². The lowest BCUT2D eigenvalue weighted by Crippen LogP contribution is -3.10. The molecule has 1 unspecified atom stereocenters. The minimum atomic E-state index is 0.0939. The minimum Gasteiger partial charge on any atom is -0.497 e. The van der Waals surface area contributed by atoms with E-state index in [0.29, 0.717) is 19.1 Å². The van der Waals surface area contributed by atoms with Crippen LogP contribution in [0.2, 0.25) is 0 Å². The first kappa shape index (κ1) is 17.5. The van der Waals surface area contributed by atoms with Gasteiger partial charge in [0, 0.05) is 18.5 Å². The summed E-state index contributed by atoms with van der Waals surface area (Å²) < 4.78 is 5.15. The van der Waals surface area contributed by atoms with E-state index < -0.39 is 0 Å². The molecule has 2 N–H and O–H groups in total. The van der Waals surface area contributed by atoms with E-state index in [1.807, 2.05) is 24.3 Å². The Bertz CT molecular complexity index is 712. The molecule has 0 saturated carbocycles. The van der Waals surface area contributed by atoms with Crippen molar-refractivity contribution in [3.63, 3.8) is 0 Å². The standard InChI is InChI=1S/C21H26N2O2/c1-23(20-9-5-7-17-6-3-4-8-19(17)20)15-21(24)22-14-16-10-12-18(25-2)13-11-16/h3-4,6,8,10-13,20H,5,7,9,14-15H2,1-2H3,(H,22,24)/p+1/t20-/m0/s1. The zero-order chi connectivity index (χ0) is 17.6. The molecule has 1 aliphatic rings. The van der Waals surface area contributed by atoms with Gasteiger partial charge in [0.1, 0.15) is 11.8 Å². The quantitative estimate of drug-likeness (QED) is 0.844. The van der Waals surface area contributed by atoms with Crippen molar-refractivity contribution in [2.45, 2.75) is 31.8 Å². The summed E-state index contributed by atoms with van der Waals surface area (Å²) in [5.74, 6) is 0.923. The summed E-state index contributed by atoms with van der Waals surface area (Å²) in [4.78, 5) is 13.6. The summed E-state index contributed by atoms with van der Waals surface area (Å²) in [7, 11) is 3.78. The molecule has 4 nitrogen and oxygen atoms in total. The summed E-state index contributed by atoms with van der Waals surface area (Å²) in [6, 6.07) is 16.9. The van der Waals surface area contributed by atoms with Crippen LogP contribution < -0.4 is 15.0 Å². The van der Waals surface area contributed by atoms with Crippen LogP contribution in [-0.4, -0.2) is 26.6 Å². The average molecular weight is 339 g/mol. The van der Waals surface area contributed by atoms with E-state index in [2.05, 4.69) is 36.6 Å². The van der Waals surface area contributed by atoms with Gasteiger partial charge < -0.3 is 15.0 Å². The Balaban J connectivity index is 1.54. The van der Waals surface area contributed by atoms with Gasteiger partial charge in [-0.1, -0.05) is 36.4 Å². The average Bonchev–Trinajstić information content (AvgIpc) is 2.66. The Kier molecular flexibility index (Phi) is 5.71. The number of benzene rings is 2. The fraction of sp³-hybridized carbons (Fsp3) is 0.381. The molecule has 25 heavy (non-hydrogen) atoms. The molecule has 0 aliphatic heterocycles. The summed E-state index contributed by atoms with van der Waals surface area (Å²) in [6.45, 7) is 1.05. The van der Waals surface area contributed by atoms with Gasteiger partial charge in [-0.05, 0) is 36.1 Å². The molecule has 2 atom stereocenters. The zero-order valence-corrected chi connectivity index (χ0v) is 15.0. The highest BCUT2D eigenvalue weighted by Crippen LogP contribution is 2.27. The van der Waals surface area contributed by atoms with E-state index in [9.17, 15) is 4.79 Å². The lowest BCUT2D eigenvalue weighted by molar-refractivity contribution is -0.905. The molecule has 0 spiro atoms. The van der Waals surface area contributed by atoms with Crippen molar-refractivity contribution in [3.05, 3.63) is 65.2 Å². The normalized spacial score (nSPS) is 17.4. The van der Waals surface area contributed by atoms with Gasteiger partial charge in [0.25, 0.3) is 5.91 Å². The van der Waals surface area contributed by atoms with E-state index in [1.165, 1.54) is 22.4 Å². The number of amides is 1. The topological polar surface area (TPSA) is 42.8 Å². The van der Waals surface area contributed by atoms with Crippen molar-refractivity contribution in [2.75, 3.05) is 20.7 Å². The number of quaternary nitrogens is 1. The first-order chi connectivity index (χ1) is 12.2. The number of aryl methyl sites for hydroxylation is 1. The third-order valence-electron chi connectivity index (χ3n) is 5.05. The van der Waals surface area contributed by atoms with Gasteiger partial charge >= 0.3 is 0 Å². The van der Waals surface area contributed by atoms with Crippen LogP contribution in [0.5, 0.6) is 5.75 Å². The Labute approximate surface area is 149 Å². The molecule has 0 radical (unpaired) electrons. The summed E-state index contributed by atoms with van der Waals surface area (Å²) in [5.41, 5.74) is 3.93. The molecule has 0 saturated heterocycles. The predicted octanol–water partition coefficient (Wildman–Crippen LogP) is 1.90. The Morgan fingerprint density at radius 3 is 2.72 bits per heavy atom. The molecule has 2 aromatic carbocycles. The molecular weight excluding hydrogens is 312 g/mol. The molecule has 2 aromatic rings. The number of methoxy groups -OCH3 is 1. The summed E-state index contributed by atoms with van der Waals surface area (Å²) >= 11 is 0. The lowest BCUT2D eigenvalue weighted by Gasteiger charge is -2.30. The number of carbonyl (C=O) groups is 1. The molecule has 4 heteroatoms. The van der Waals surface area contributed by atoms with E-state index in [0.717, 1.165) is 24.2 Å². The molecule has 1 aliphatic carbocycles. The van der Waals surface area contributed by atoms with E-state index >= 15 is 0 Å². The predicted molar refractivity (Wildman–Crippen MR) is 98.7 cm³/mol. The third kappa shape index (κ3) is 4.40. The SMILES string of the molecule is COc1ccc(CNC(=O)C[NH+](C)[C@H]2CCCc3ccccc32)cc1. The second-order valence-corrected chi connectivity index (χ2v) is 6.79. The van der Waals surface area contributed by atoms with E-state index in [1.54, 1.807) is 7.11 Å². The van der Waals surface area contributed by atoms with Crippen LogP contribution in [0.3, 0.4) is 0 Å². The summed E-state index contributed by atoms with van der Waals surface area (Å²) in [6.07, 6.45) is 3.50. The number of nitrogens with one attached hydrogen (secondary N) is 2. The van der Waals surface area contributed by atoms with Gasteiger partial charge in [0.05, 0.1) is 14.2 Å². The fourth-order valence-corrected chi connectivity index (χ4v) is 3.65. The largest absolute Gasteiger partial charge is 0.497 e. The molecule has 0 bridgehead atoms. The van der Waals surface area contributed by atoms with Crippen LogP contribution in [0, 0.1) is 0 Å². The van der Waals surface area contributed by atoms with Crippen molar-refractivity contribution >= 4 is 5.91 Å². The van der Waals surface area contributed by atoms with Crippen LogP contribution >= 0.6 is 0 Å². The Morgan fingerprint density at radius 2 is 1.96 bits per heavy atom. The molecule has 0 fully saturated rings. The van der Waals surface area contributed by atoms with Gasteiger partial charge in [-0.2, -0.15) is 0 Å². The van der Waals surface area contributed by atoms with Crippen LogP contribution in [0.25, 0.3) is 0 Å². The maximum atomic E-state index is 12.3. The fourth-order valence-electron chi connectivity index (χ4n) is 3.65. The Hall–Kier alpha value is -2.33. The molecule has 0 heterocycles. The van der Waals surface area contributed by atoms with Crippen molar-refractivity contribution in [1.82, 2.24) is 5.32 Å². The van der Waals surface area contributed by atoms with Crippen molar-refractivity contribution in [3.8, 4) is 5.75 Å². The first-order valence-electron chi connectivity index (χ1n) is 8.97. The van der Waals surface area contributed by atoms with Gasteiger partial charge in [-0.15, -0.1) is 0 Å². The second kappa shape index (κ2) is 8.17. The van der Waals surface area contributed by atoms with Crippen LogP contribution in [0.1, 0.15) is 35.6 Å². The van der Waals surface area contributed by atoms with Crippen molar-refractivity contribution in [1.29, 1.82) is 0 Å². The first-order valence-corrected chi connectivity index (χ1v) is 8.97. The number of hydrogen-bond donors (Lipinski definition) is 2. The second-order valence-electron chi connectivity index (χ2n) is 6.79. The lowest BCUT2D eigenvalue weighted by atomic mass is 9.87. The smallest absolute Gasteiger partial charge is 0.275 e. The molecule has 0 aromatic heterocycles. The highest BCUT2D eigenvalue weighted by Gasteiger charge is 2.27. The number of rotatable bonds is 6. The maximum Gasteiger partial charge on any atom is 0.275 e. The van der Waals surface area contributed by atoms with E-state index in [-0.39, 0.29) is 5.91 Å². The molecular formula is C21H27N2O2+. The Morgan fingerprint density at radius 1 is 1.20 bits per heavy atom. The van der Waals surface area contributed by atoms with Crippen molar-refractivity contribution in [2.24, 2.45) is 0 Å². The molecule has 3 rings (SSSR count). The number of ether oxygens (including phenoxy) is 1. The highest BCUT2D eigenvalue weighted by atomic mass is 16.5. The number of carbonyl (C=O) groups excluding carboxylic acids is 1. The monoisotopic (exact) mass is 339 g/mol. The van der Waals surface area contributed by atoms with Crippen molar-refractivity contribution < 1.29 is 14.4 Å². The van der Waals surface area contributed by atoms with E-state index in [4.69, 9.17) is 4.74 Å². The van der Waals surface area contributed by atoms with Gasteiger partial charge in [0.15, 0.2) is 6.54 Å². The zero-order valence-electron chi connectivity index (χ0n) is 15.0. The number of likely N-dealkylation sites (N-methyl/N-ethyl adjacent to an activating group) is 1. The van der Waals surface area contributed by atoms with Gasteiger partial charge in [0.2, 0.25) is 0 Å². The number of hydrogen-bond acceptors (Lipinski definition) is 2. The molecule has 132 valence electrons. The maximum absolute atomic E-state index is 12.3. The summed E-state index contributed by atoms with van der Waals surface area (Å²) in [5, 5.41) is 3.03. The number of fused-ring (bicyclic) bond motifs is 1. The molecule has 1 amide bonds.